The number of rotatable bonds is 10. The molecule has 0 radical (unpaired) electrons. The second kappa shape index (κ2) is 14.4. The molecule has 0 bridgehead atoms. The molecule has 2 aliphatic rings. The summed E-state index contributed by atoms with van der Waals surface area (Å²) in [7, 11) is 0. The summed E-state index contributed by atoms with van der Waals surface area (Å²) in [6.07, 6.45) is 6.23. The van der Waals surface area contributed by atoms with Crippen LogP contribution in [0.3, 0.4) is 0 Å². The smallest absolute Gasteiger partial charge is 0.224 e. The summed E-state index contributed by atoms with van der Waals surface area (Å²) in [5.41, 5.74) is 0. The van der Waals surface area contributed by atoms with Crippen molar-refractivity contribution in [2.45, 2.75) is 51.6 Å². The molecule has 0 aromatic heterocycles. The molecule has 1 unspecified atom stereocenters. The van der Waals surface area contributed by atoms with E-state index in [0.717, 1.165) is 64.3 Å². The lowest BCUT2D eigenvalue weighted by Gasteiger charge is -2.16. The van der Waals surface area contributed by atoms with E-state index in [4.69, 9.17) is 9.47 Å². The third kappa shape index (κ3) is 9.36. The standard InChI is InChI=1S/C18H34N4O3.HI/c1-2-19-18(21-10-8-17(23)22-11-3-4-12-22)20-9-6-13-24-15-16-7-5-14-25-16;/h16H,2-15H2,1H3,(H2,19,20,21);1H. The fourth-order valence-electron chi connectivity index (χ4n) is 3.10. The van der Waals surface area contributed by atoms with E-state index in [0.29, 0.717) is 32.7 Å². The minimum Gasteiger partial charge on any atom is -0.379 e. The van der Waals surface area contributed by atoms with Crippen LogP contribution in [-0.2, 0) is 14.3 Å². The van der Waals surface area contributed by atoms with Crippen molar-refractivity contribution in [3.63, 3.8) is 0 Å². The Bertz CT molecular complexity index is 411. The van der Waals surface area contributed by atoms with Gasteiger partial charge in [-0.2, -0.15) is 0 Å². The minimum absolute atomic E-state index is 0. The van der Waals surface area contributed by atoms with E-state index in [1.54, 1.807) is 0 Å². The Kier molecular flexibility index (Phi) is 13.0. The van der Waals surface area contributed by atoms with Crippen LogP contribution in [0.2, 0.25) is 0 Å². The summed E-state index contributed by atoms with van der Waals surface area (Å²) in [5, 5.41) is 6.46. The largest absolute Gasteiger partial charge is 0.379 e. The Morgan fingerprint density at radius 3 is 2.77 bits per heavy atom. The molecule has 0 saturated carbocycles. The van der Waals surface area contributed by atoms with Gasteiger partial charge < -0.3 is 25.0 Å². The average Bonchev–Trinajstić information content (AvgIpc) is 3.31. The predicted octanol–water partition coefficient (Wildman–Crippen LogP) is 1.76. The molecule has 2 rings (SSSR count). The minimum atomic E-state index is 0. The van der Waals surface area contributed by atoms with Gasteiger partial charge in [-0.05, 0) is 39.0 Å². The van der Waals surface area contributed by atoms with E-state index in [9.17, 15) is 4.79 Å². The topological polar surface area (TPSA) is 75.2 Å². The number of nitrogens with one attached hydrogen (secondary N) is 2. The maximum Gasteiger partial charge on any atom is 0.224 e. The molecule has 8 heteroatoms. The van der Waals surface area contributed by atoms with Crippen molar-refractivity contribution in [1.29, 1.82) is 0 Å². The number of carbonyl (C=O) groups excluding carboxylic acids is 1. The van der Waals surface area contributed by atoms with Crippen LogP contribution in [-0.4, -0.2) is 75.4 Å². The molecule has 0 aliphatic carbocycles. The maximum atomic E-state index is 12.0. The van der Waals surface area contributed by atoms with E-state index >= 15 is 0 Å². The molecule has 152 valence electrons. The van der Waals surface area contributed by atoms with E-state index in [1.165, 1.54) is 0 Å². The lowest BCUT2D eigenvalue weighted by atomic mass is 10.2. The van der Waals surface area contributed by atoms with Gasteiger partial charge in [-0.25, -0.2) is 0 Å². The number of guanidine groups is 1. The Labute approximate surface area is 174 Å². The fraction of sp³-hybridized carbons (Fsp3) is 0.889. The van der Waals surface area contributed by atoms with E-state index < -0.39 is 0 Å². The van der Waals surface area contributed by atoms with E-state index in [-0.39, 0.29) is 36.0 Å². The molecule has 2 aliphatic heterocycles. The Balaban J connectivity index is 0.00000338. The van der Waals surface area contributed by atoms with Gasteiger partial charge in [-0.3, -0.25) is 9.79 Å². The first-order chi connectivity index (χ1) is 12.3. The second-order valence-corrected chi connectivity index (χ2v) is 6.59. The summed E-state index contributed by atoms with van der Waals surface area (Å²) in [6.45, 7) is 8.28. The molecule has 2 heterocycles. The number of hydrogen-bond donors (Lipinski definition) is 2. The molecule has 0 aromatic rings. The van der Waals surface area contributed by atoms with Gasteiger partial charge in [0, 0.05) is 52.4 Å². The molecule has 1 amide bonds. The summed E-state index contributed by atoms with van der Waals surface area (Å²) >= 11 is 0. The monoisotopic (exact) mass is 482 g/mol. The van der Waals surface area contributed by atoms with Crippen molar-refractivity contribution in [2.75, 3.05) is 52.5 Å². The normalized spacial score (nSPS) is 20.1. The van der Waals surface area contributed by atoms with Gasteiger partial charge >= 0.3 is 0 Å². The van der Waals surface area contributed by atoms with Crippen molar-refractivity contribution in [3.8, 4) is 0 Å². The first-order valence-electron chi connectivity index (χ1n) is 9.79. The molecule has 2 N–H and O–H groups in total. The van der Waals surface area contributed by atoms with Crippen LogP contribution in [0.15, 0.2) is 4.99 Å². The fourth-order valence-corrected chi connectivity index (χ4v) is 3.10. The summed E-state index contributed by atoms with van der Waals surface area (Å²) in [6, 6.07) is 0. The summed E-state index contributed by atoms with van der Waals surface area (Å²) in [4.78, 5) is 18.5. The van der Waals surface area contributed by atoms with Crippen LogP contribution in [0.1, 0.15) is 45.4 Å². The lowest BCUT2D eigenvalue weighted by molar-refractivity contribution is -0.129. The van der Waals surface area contributed by atoms with Crippen molar-refractivity contribution in [2.24, 2.45) is 4.99 Å². The molecular weight excluding hydrogens is 447 g/mol. The van der Waals surface area contributed by atoms with Gasteiger partial charge in [-0.15, -0.1) is 24.0 Å². The number of hydrogen-bond acceptors (Lipinski definition) is 4. The van der Waals surface area contributed by atoms with Crippen molar-refractivity contribution < 1.29 is 14.3 Å². The zero-order valence-electron chi connectivity index (χ0n) is 16.0. The molecule has 2 saturated heterocycles. The zero-order valence-corrected chi connectivity index (χ0v) is 18.3. The Morgan fingerprint density at radius 1 is 1.27 bits per heavy atom. The van der Waals surface area contributed by atoms with E-state index in [1.807, 2.05) is 11.8 Å². The van der Waals surface area contributed by atoms with Crippen molar-refractivity contribution in [1.82, 2.24) is 15.5 Å². The Hall–Kier alpha value is -0.610. The van der Waals surface area contributed by atoms with Crippen molar-refractivity contribution in [3.05, 3.63) is 0 Å². The van der Waals surface area contributed by atoms with Crippen LogP contribution in [0, 0.1) is 0 Å². The molecule has 1 atom stereocenters. The van der Waals surface area contributed by atoms with Gasteiger partial charge in [-0.1, -0.05) is 0 Å². The van der Waals surface area contributed by atoms with Gasteiger partial charge in [0.2, 0.25) is 5.91 Å². The molecule has 0 aromatic carbocycles. The first-order valence-corrected chi connectivity index (χ1v) is 9.79. The molecular formula is C18H35IN4O3. The third-order valence-electron chi connectivity index (χ3n) is 4.48. The van der Waals surface area contributed by atoms with Crippen LogP contribution < -0.4 is 10.6 Å². The predicted molar refractivity (Wildman–Crippen MR) is 114 cm³/mol. The number of halogens is 1. The summed E-state index contributed by atoms with van der Waals surface area (Å²) in [5.74, 6) is 1.01. The maximum absolute atomic E-state index is 12.0. The highest BCUT2D eigenvalue weighted by molar-refractivity contribution is 14.0. The van der Waals surface area contributed by atoms with Crippen LogP contribution in [0.25, 0.3) is 0 Å². The first kappa shape index (κ1) is 23.4. The highest BCUT2D eigenvalue weighted by Gasteiger charge is 2.17. The third-order valence-corrected chi connectivity index (χ3v) is 4.48. The van der Waals surface area contributed by atoms with Gasteiger partial charge in [0.1, 0.15) is 0 Å². The van der Waals surface area contributed by atoms with Gasteiger partial charge in [0.05, 0.1) is 12.7 Å². The quantitative estimate of drug-likeness (QED) is 0.215. The average molecular weight is 482 g/mol. The highest BCUT2D eigenvalue weighted by atomic mass is 127. The molecule has 2 fully saturated rings. The molecule has 26 heavy (non-hydrogen) atoms. The van der Waals surface area contributed by atoms with Crippen LogP contribution >= 0.6 is 24.0 Å². The molecule has 7 nitrogen and oxygen atoms in total. The van der Waals surface area contributed by atoms with Crippen molar-refractivity contribution >= 4 is 35.8 Å². The van der Waals surface area contributed by atoms with Crippen LogP contribution in [0.4, 0.5) is 0 Å². The molecule has 0 spiro atoms. The van der Waals surface area contributed by atoms with Gasteiger partial charge in [0.25, 0.3) is 0 Å². The number of amides is 1. The number of nitrogens with zero attached hydrogens (tertiary/aromatic N) is 2. The number of ether oxygens (including phenoxy) is 2. The number of likely N-dealkylation sites (tertiary alicyclic amines) is 1. The number of carbonyl (C=O) groups is 1. The number of aliphatic imine (C=N–C) groups is 1. The SMILES string of the molecule is CCNC(=NCCCOCC1CCCO1)NCCC(=O)N1CCCC1.I. The van der Waals surface area contributed by atoms with Gasteiger partial charge in [0.15, 0.2) is 5.96 Å². The zero-order chi connectivity index (χ0) is 17.7. The lowest BCUT2D eigenvalue weighted by Crippen LogP contribution is -2.39. The summed E-state index contributed by atoms with van der Waals surface area (Å²) < 4.78 is 11.2. The second-order valence-electron chi connectivity index (χ2n) is 6.59. The Morgan fingerprint density at radius 2 is 2.08 bits per heavy atom. The van der Waals surface area contributed by atoms with Crippen LogP contribution in [0.5, 0.6) is 0 Å². The van der Waals surface area contributed by atoms with E-state index in [2.05, 4.69) is 15.6 Å². The highest BCUT2D eigenvalue weighted by Crippen LogP contribution is 2.11.